The van der Waals surface area contributed by atoms with Gasteiger partial charge in [-0.05, 0) is 19.3 Å². The van der Waals surface area contributed by atoms with E-state index in [0.717, 1.165) is 12.8 Å². The van der Waals surface area contributed by atoms with Crippen LogP contribution in [0.4, 0.5) is 0 Å². The SMILES string of the molecule is O=P(O)(O)C1CCCC(NO)C1. The Labute approximate surface area is 70.9 Å². The molecule has 0 heterocycles. The van der Waals surface area contributed by atoms with Crippen LogP contribution in [0, 0.1) is 0 Å². The Hall–Kier alpha value is 0.0700. The van der Waals surface area contributed by atoms with Crippen LogP contribution in [-0.4, -0.2) is 26.7 Å². The van der Waals surface area contributed by atoms with Gasteiger partial charge in [0.2, 0.25) is 0 Å². The molecule has 0 aromatic rings. The van der Waals surface area contributed by atoms with Crippen LogP contribution < -0.4 is 5.48 Å². The Bertz CT molecular complexity index is 192. The summed E-state index contributed by atoms with van der Waals surface area (Å²) in [5.74, 6) is 0. The molecular formula is C6H14NO4P. The van der Waals surface area contributed by atoms with E-state index in [2.05, 4.69) is 5.48 Å². The minimum Gasteiger partial charge on any atom is -0.324 e. The Morgan fingerprint density at radius 2 is 2.00 bits per heavy atom. The zero-order valence-electron chi connectivity index (χ0n) is 6.68. The fourth-order valence-electron chi connectivity index (χ4n) is 1.59. The molecule has 0 aromatic heterocycles. The van der Waals surface area contributed by atoms with Gasteiger partial charge in [0.15, 0.2) is 0 Å². The van der Waals surface area contributed by atoms with Gasteiger partial charge in [0, 0.05) is 6.04 Å². The van der Waals surface area contributed by atoms with E-state index in [1.165, 1.54) is 0 Å². The summed E-state index contributed by atoms with van der Waals surface area (Å²) in [5, 5.41) is 8.57. The van der Waals surface area contributed by atoms with E-state index in [4.69, 9.17) is 15.0 Å². The minimum atomic E-state index is -3.94. The lowest BCUT2D eigenvalue weighted by Crippen LogP contribution is -2.33. The van der Waals surface area contributed by atoms with E-state index in [0.29, 0.717) is 12.8 Å². The average Bonchev–Trinajstić information content (AvgIpc) is 2.03. The maximum atomic E-state index is 10.8. The number of rotatable bonds is 2. The van der Waals surface area contributed by atoms with Crippen molar-refractivity contribution < 1.29 is 19.6 Å². The van der Waals surface area contributed by atoms with E-state index in [9.17, 15) is 4.57 Å². The molecule has 5 nitrogen and oxygen atoms in total. The number of hydroxylamine groups is 1. The van der Waals surface area contributed by atoms with E-state index in [1.54, 1.807) is 0 Å². The molecule has 0 aliphatic heterocycles. The highest BCUT2D eigenvalue weighted by Crippen LogP contribution is 2.47. The van der Waals surface area contributed by atoms with Crippen molar-refractivity contribution >= 4 is 7.60 Å². The maximum absolute atomic E-state index is 10.8. The zero-order valence-corrected chi connectivity index (χ0v) is 7.57. The standard InChI is InChI=1S/C6H14NO4P/c8-7-5-2-1-3-6(4-5)12(9,10)11/h5-8H,1-4H2,(H2,9,10,11). The van der Waals surface area contributed by atoms with E-state index >= 15 is 0 Å². The van der Waals surface area contributed by atoms with Gasteiger partial charge in [0.25, 0.3) is 0 Å². The lowest BCUT2D eigenvalue weighted by atomic mass is 9.96. The van der Waals surface area contributed by atoms with Crippen molar-refractivity contribution in [1.82, 2.24) is 5.48 Å². The van der Waals surface area contributed by atoms with Crippen LogP contribution >= 0.6 is 7.60 Å². The first kappa shape index (κ1) is 10.2. The second-order valence-electron chi connectivity index (χ2n) is 3.24. The van der Waals surface area contributed by atoms with Crippen molar-refractivity contribution in [3.05, 3.63) is 0 Å². The average molecular weight is 195 g/mol. The Kier molecular flexibility index (Phi) is 3.26. The molecule has 6 heteroatoms. The van der Waals surface area contributed by atoms with Crippen molar-refractivity contribution in [2.45, 2.75) is 37.4 Å². The summed E-state index contributed by atoms with van der Waals surface area (Å²) in [4.78, 5) is 17.7. The van der Waals surface area contributed by atoms with Crippen LogP contribution in [0.15, 0.2) is 0 Å². The first-order chi connectivity index (χ1) is 5.54. The van der Waals surface area contributed by atoms with Crippen molar-refractivity contribution in [1.29, 1.82) is 0 Å². The van der Waals surface area contributed by atoms with Gasteiger partial charge >= 0.3 is 7.60 Å². The lowest BCUT2D eigenvalue weighted by molar-refractivity contribution is 0.106. The molecule has 0 aromatic carbocycles. The Balaban J connectivity index is 2.52. The monoisotopic (exact) mass is 195 g/mol. The van der Waals surface area contributed by atoms with Gasteiger partial charge in [0.05, 0.1) is 5.66 Å². The summed E-state index contributed by atoms with van der Waals surface area (Å²) in [6.07, 6.45) is 2.46. The highest BCUT2D eigenvalue weighted by Gasteiger charge is 2.33. The molecule has 1 fully saturated rings. The predicted molar refractivity (Wildman–Crippen MR) is 43.0 cm³/mol. The van der Waals surface area contributed by atoms with Crippen LogP contribution in [0.2, 0.25) is 0 Å². The predicted octanol–water partition coefficient (Wildman–Crippen LogP) is 0.454. The third-order valence-electron chi connectivity index (χ3n) is 2.30. The first-order valence-corrected chi connectivity index (χ1v) is 5.67. The molecule has 72 valence electrons. The van der Waals surface area contributed by atoms with Crippen molar-refractivity contribution in [3.63, 3.8) is 0 Å². The molecule has 2 atom stereocenters. The van der Waals surface area contributed by atoms with Gasteiger partial charge in [-0.3, -0.25) is 4.57 Å². The summed E-state index contributed by atoms with van der Waals surface area (Å²) < 4.78 is 10.8. The maximum Gasteiger partial charge on any atom is 0.328 e. The Morgan fingerprint density at radius 3 is 2.50 bits per heavy atom. The number of nitrogens with one attached hydrogen (secondary N) is 1. The molecule has 1 aliphatic carbocycles. The van der Waals surface area contributed by atoms with Gasteiger partial charge < -0.3 is 15.0 Å². The highest BCUT2D eigenvalue weighted by atomic mass is 31.2. The minimum absolute atomic E-state index is 0.156. The smallest absolute Gasteiger partial charge is 0.324 e. The molecule has 0 bridgehead atoms. The van der Waals surface area contributed by atoms with E-state index < -0.39 is 13.3 Å². The summed E-state index contributed by atoms with van der Waals surface area (Å²) in [5.41, 5.74) is 1.49. The van der Waals surface area contributed by atoms with E-state index in [1.807, 2.05) is 0 Å². The topological polar surface area (TPSA) is 89.8 Å². The third-order valence-corrected chi connectivity index (χ3v) is 3.73. The lowest BCUT2D eigenvalue weighted by Gasteiger charge is -2.28. The number of hydrogen-bond donors (Lipinski definition) is 4. The van der Waals surface area contributed by atoms with Gasteiger partial charge in [-0.25, -0.2) is 5.48 Å². The number of hydrogen-bond acceptors (Lipinski definition) is 3. The normalized spacial score (nSPS) is 31.9. The molecule has 2 unspecified atom stereocenters. The summed E-state index contributed by atoms with van der Waals surface area (Å²) in [6.45, 7) is 0. The van der Waals surface area contributed by atoms with Gasteiger partial charge in [-0.1, -0.05) is 6.42 Å². The van der Waals surface area contributed by atoms with Crippen molar-refractivity contribution in [2.24, 2.45) is 0 Å². The molecule has 1 saturated carbocycles. The summed E-state index contributed by atoms with van der Waals surface area (Å²) >= 11 is 0. The van der Waals surface area contributed by atoms with Crippen LogP contribution in [0.25, 0.3) is 0 Å². The quantitative estimate of drug-likeness (QED) is 0.379. The fraction of sp³-hybridized carbons (Fsp3) is 1.00. The van der Waals surface area contributed by atoms with Crippen LogP contribution in [0.5, 0.6) is 0 Å². The molecule has 12 heavy (non-hydrogen) atoms. The molecule has 0 radical (unpaired) electrons. The van der Waals surface area contributed by atoms with Crippen LogP contribution in [0.3, 0.4) is 0 Å². The van der Waals surface area contributed by atoms with Crippen molar-refractivity contribution in [2.75, 3.05) is 0 Å². The zero-order chi connectivity index (χ0) is 9.19. The van der Waals surface area contributed by atoms with Gasteiger partial charge in [-0.15, -0.1) is 0 Å². The first-order valence-electron chi connectivity index (χ1n) is 3.99. The molecule has 1 aliphatic rings. The second kappa shape index (κ2) is 3.85. The van der Waals surface area contributed by atoms with Gasteiger partial charge in [0.1, 0.15) is 0 Å². The van der Waals surface area contributed by atoms with Crippen LogP contribution in [0.1, 0.15) is 25.7 Å². The summed E-state index contributed by atoms with van der Waals surface area (Å²) in [6, 6.07) is -0.156. The van der Waals surface area contributed by atoms with Gasteiger partial charge in [-0.2, -0.15) is 0 Å². The van der Waals surface area contributed by atoms with Crippen LogP contribution in [-0.2, 0) is 4.57 Å². The highest BCUT2D eigenvalue weighted by molar-refractivity contribution is 7.52. The largest absolute Gasteiger partial charge is 0.328 e. The molecule has 4 N–H and O–H groups in total. The molecular weight excluding hydrogens is 181 g/mol. The molecule has 0 saturated heterocycles. The molecule has 1 rings (SSSR count). The van der Waals surface area contributed by atoms with E-state index in [-0.39, 0.29) is 6.04 Å². The molecule has 0 spiro atoms. The Morgan fingerprint density at radius 1 is 1.33 bits per heavy atom. The fourth-order valence-corrected chi connectivity index (χ4v) is 2.63. The second-order valence-corrected chi connectivity index (χ2v) is 5.14. The third kappa shape index (κ3) is 2.54. The van der Waals surface area contributed by atoms with Crippen molar-refractivity contribution in [3.8, 4) is 0 Å². The summed E-state index contributed by atoms with van der Waals surface area (Å²) in [7, 11) is -3.94. The molecule has 0 amide bonds.